The van der Waals surface area contributed by atoms with E-state index in [1.54, 1.807) is 142 Å². The topological polar surface area (TPSA) is 291 Å². The molecule has 25 nitrogen and oxygen atoms in total. The molecule has 0 saturated carbocycles. The monoisotopic (exact) mass is 1660 g/mol. The summed E-state index contributed by atoms with van der Waals surface area (Å²) in [6.07, 6.45) is 9.14. The first-order valence-electron chi connectivity index (χ1n) is 37.2. The summed E-state index contributed by atoms with van der Waals surface area (Å²) in [5, 5.41) is 43.9. The SMILES string of the molecule is CCc1ccc(OCC(=O)N(Cc2cccs2)c2ccn[nH]2)cc1.Cc1ccc(OCC(=O)N(Cc2cccs2)c2ccn[nH]2)cc1.Cc1ccc(OCC(=O)N(Cc2cccs2)c2ccn[nH]2)cc1.Cc1ccc(OCC(=O)N(Cc2cccs2)c2ccn[nH]2)cc1C.Cc1cccc(OCC(=O)N(Cc2cccs2)c2ccn[nH]2)c1. The summed E-state index contributed by atoms with van der Waals surface area (Å²) in [5.74, 6) is 6.17. The Morgan fingerprint density at radius 1 is 0.291 bits per heavy atom. The third-order valence-corrected chi connectivity index (χ3v) is 21.8. The number of carbonyl (C=O) groups excluding carboxylic acids is 5. The Bertz CT molecular complexity index is 5200. The van der Waals surface area contributed by atoms with E-state index in [1.807, 2.05) is 237 Å². The second kappa shape index (κ2) is 44.6. The van der Waals surface area contributed by atoms with Crippen LogP contribution < -0.4 is 48.2 Å². The standard InChI is InChI=1S/2C18H19N3O2S.3C17H17N3O2S/c1-13-5-6-15(10-14(13)2)23-12-18(22)21(17-7-8-19-20-17)11-16-4-3-9-24-16;1-2-14-5-7-15(8-6-14)23-13-18(22)21(17-9-10-19-20-17)12-16-4-3-11-24-16;1-13-4-2-5-14(10-13)22-12-17(21)20(16-7-8-18-19-16)11-15-6-3-9-23-15;2*1-13-4-6-14(7-5-13)22-12-17(21)20(16-8-9-18-19-16)11-15-3-2-10-23-15/h3-10H,11-12H2,1-2H3,(H,19,20);3-11H,2,12-13H2,1H3,(H,19,20);3*2-10H,11-12H2,1H3,(H,18,19). The van der Waals surface area contributed by atoms with Gasteiger partial charge in [-0.25, -0.2) is 0 Å². The summed E-state index contributed by atoms with van der Waals surface area (Å²) in [4.78, 5) is 76.7. The minimum atomic E-state index is -0.122. The van der Waals surface area contributed by atoms with E-state index < -0.39 is 0 Å². The summed E-state index contributed by atoms with van der Waals surface area (Å²) in [6, 6.07) is 65.3. The molecular formula is C87H89N15O10S5. The Kier molecular flexibility index (Phi) is 32.4. The van der Waals surface area contributed by atoms with Crippen molar-refractivity contribution in [3.8, 4) is 28.7 Å². The number of aromatic amines is 5. The van der Waals surface area contributed by atoms with E-state index in [-0.39, 0.29) is 62.6 Å². The number of carbonyl (C=O) groups is 5. The van der Waals surface area contributed by atoms with Gasteiger partial charge in [-0.15, -0.1) is 56.7 Å². The van der Waals surface area contributed by atoms with Gasteiger partial charge in [0.2, 0.25) is 0 Å². The molecule has 0 unspecified atom stereocenters. The van der Waals surface area contributed by atoms with Gasteiger partial charge in [0.25, 0.3) is 29.5 Å². The number of ether oxygens (including phenoxy) is 5. The zero-order chi connectivity index (χ0) is 81.9. The van der Waals surface area contributed by atoms with Gasteiger partial charge >= 0.3 is 0 Å². The Hall–Kier alpha value is -13.0. The molecule has 0 atom stereocenters. The molecule has 602 valence electrons. The highest BCUT2D eigenvalue weighted by molar-refractivity contribution is 7.11. The second-order valence-electron chi connectivity index (χ2n) is 26.1. The van der Waals surface area contributed by atoms with Crippen LogP contribution in [0.4, 0.5) is 29.1 Å². The molecule has 30 heteroatoms. The van der Waals surface area contributed by atoms with Crippen LogP contribution in [0.15, 0.2) is 264 Å². The van der Waals surface area contributed by atoms with Crippen LogP contribution in [0.25, 0.3) is 0 Å². The second-order valence-corrected chi connectivity index (χ2v) is 31.3. The van der Waals surface area contributed by atoms with Gasteiger partial charge in [0, 0.05) is 54.7 Å². The number of hydrogen-bond acceptors (Lipinski definition) is 20. The molecule has 5 N–H and O–H groups in total. The van der Waals surface area contributed by atoms with Gasteiger partial charge < -0.3 is 23.7 Å². The smallest absolute Gasteiger partial charge is 0.266 e. The summed E-state index contributed by atoms with van der Waals surface area (Å²) in [7, 11) is 0. The number of nitrogens with zero attached hydrogens (tertiary/aromatic N) is 10. The predicted molar refractivity (Wildman–Crippen MR) is 463 cm³/mol. The fraction of sp³-hybridized carbons (Fsp3) is 0.195. The van der Waals surface area contributed by atoms with Crippen molar-refractivity contribution in [3.05, 3.63) is 322 Å². The molecule has 5 amide bonds. The maximum absolute atomic E-state index is 12.7. The molecule has 15 rings (SSSR count). The first kappa shape index (κ1) is 84.9. The van der Waals surface area contributed by atoms with Gasteiger partial charge in [0.1, 0.15) is 57.8 Å². The number of aryl methyl sites for hydroxylation is 6. The lowest BCUT2D eigenvalue weighted by Gasteiger charge is -2.20. The lowest BCUT2D eigenvalue weighted by molar-refractivity contribution is -0.121. The number of thiophene rings is 5. The molecule has 0 aliphatic rings. The molecule has 5 aromatic carbocycles. The molecule has 10 aromatic heterocycles. The number of aromatic nitrogens is 10. The third-order valence-electron chi connectivity index (χ3n) is 17.5. The lowest BCUT2D eigenvalue weighted by atomic mass is 10.1. The number of anilines is 5. The normalized spacial score (nSPS) is 10.5. The lowest BCUT2D eigenvalue weighted by Crippen LogP contribution is -2.34. The summed E-state index contributed by atoms with van der Waals surface area (Å²) < 4.78 is 28.1. The zero-order valence-corrected chi connectivity index (χ0v) is 69.4. The molecule has 15 aromatic rings. The van der Waals surface area contributed by atoms with Gasteiger partial charge in [-0.2, -0.15) is 25.5 Å². The van der Waals surface area contributed by atoms with E-state index in [9.17, 15) is 24.0 Å². The van der Waals surface area contributed by atoms with Gasteiger partial charge in [0.05, 0.1) is 63.7 Å². The number of H-pyrrole nitrogens is 5. The van der Waals surface area contributed by atoms with Crippen LogP contribution in [-0.2, 0) is 63.1 Å². The van der Waals surface area contributed by atoms with E-state index in [2.05, 4.69) is 57.9 Å². The maximum atomic E-state index is 12.7. The van der Waals surface area contributed by atoms with E-state index in [0.29, 0.717) is 90.6 Å². The predicted octanol–water partition coefficient (Wildman–Crippen LogP) is 17.5. The summed E-state index contributed by atoms with van der Waals surface area (Å²) >= 11 is 8.07. The van der Waals surface area contributed by atoms with E-state index in [4.69, 9.17) is 23.7 Å². The highest BCUT2D eigenvalue weighted by Crippen LogP contribution is 2.26. The molecule has 0 aliphatic carbocycles. The Morgan fingerprint density at radius 3 is 0.812 bits per heavy atom. The number of benzene rings is 5. The van der Waals surface area contributed by atoms with Crippen molar-refractivity contribution in [2.45, 2.75) is 80.7 Å². The van der Waals surface area contributed by atoms with Crippen LogP contribution in [0.2, 0.25) is 0 Å². The van der Waals surface area contributed by atoms with Gasteiger partial charge in [-0.05, 0) is 181 Å². The average Bonchev–Trinajstić information content (AvgIpc) is 1.81. The number of hydrogen-bond donors (Lipinski definition) is 5. The van der Waals surface area contributed by atoms with Crippen LogP contribution in [0.5, 0.6) is 28.7 Å². The third kappa shape index (κ3) is 27.1. The van der Waals surface area contributed by atoms with E-state index in [0.717, 1.165) is 53.1 Å². The van der Waals surface area contributed by atoms with Gasteiger partial charge in [-0.1, -0.05) is 103 Å². The molecule has 117 heavy (non-hydrogen) atoms. The fourth-order valence-corrected chi connectivity index (χ4v) is 14.5. The minimum absolute atomic E-state index is 0.0180. The Balaban J connectivity index is 0.000000144. The molecule has 0 aliphatic heterocycles. The molecule has 10 heterocycles. The van der Waals surface area contributed by atoms with Crippen molar-refractivity contribution in [1.29, 1.82) is 0 Å². The molecule has 0 bridgehead atoms. The molecule has 0 saturated heterocycles. The first-order chi connectivity index (χ1) is 57.1. The maximum Gasteiger partial charge on any atom is 0.266 e. The van der Waals surface area contributed by atoms with Crippen molar-refractivity contribution in [1.82, 2.24) is 51.0 Å². The Labute approximate surface area is 698 Å². The largest absolute Gasteiger partial charge is 0.484 e. The van der Waals surface area contributed by atoms with Crippen molar-refractivity contribution in [2.75, 3.05) is 57.5 Å². The fourth-order valence-electron chi connectivity index (χ4n) is 11.0. The van der Waals surface area contributed by atoms with Crippen LogP contribution in [0.3, 0.4) is 0 Å². The quantitative estimate of drug-likeness (QED) is 0.0270. The van der Waals surface area contributed by atoms with Crippen LogP contribution in [-0.4, -0.2) is 114 Å². The number of amides is 5. The summed E-state index contributed by atoms with van der Waals surface area (Å²) in [6.45, 7) is 14.6. The Morgan fingerprint density at radius 2 is 0.564 bits per heavy atom. The van der Waals surface area contributed by atoms with Crippen LogP contribution in [0, 0.1) is 34.6 Å². The van der Waals surface area contributed by atoms with Crippen molar-refractivity contribution in [3.63, 3.8) is 0 Å². The van der Waals surface area contributed by atoms with Crippen LogP contribution >= 0.6 is 56.7 Å². The molecule has 0 radical (unpaired) electrons. The molecule has 0 spiro atoms. The number of rotatable bonds is 31. The van der Waals surface area contributed by atoms with Gasteiger partial charge in [0.15, 0.2) is 33.0 Å². The van der Waals surface area contributed by atoms with E-state index in [1.165, 1.54) is 11.1 Å². The number of nitrogens with one attached hydrogen (secondary N) is 5. The minimum Gasteiger partial charge on any atom is -0.484 e. The highest BCUT2D eigenvalue weighted by Gasteiger charge is 2.24. The first-order valence-corrected chi connectivity index (χ1v) is 41.6. The molecular weight excluding hydrogens is 1580 g/mol. The van der Waals surface area contributed by atoms with Crippen LogP contribution in [0.1, 0.15) is 64.7 Å². The summed E-state index contributed by atoms with van der Waals surface area (Å²) in [5.41, 5.74) is 6.99. The zero-order valence-electron chi connectivity index (χ0n) is 65.3. The van der Waals surface area contributed by atoms with Crippen molar-refractivity contribution < 1.29 is 47.7 Å². The van der Waals surface area contributed by atoms with E-state index >= 15 is 0 Å². The van der Waals surface area contributed by atoms with Crippen molar-refractivity contribution >= 4 is 115 Å². The highest BCUT2D eigenvalue weighted by atomic mass is 32.1. The average molecular weight is 1670 g/mol. The van der Waals surface area contributed by atoms with Gasteiger partial charge in [-0.3, -0.25) is 74.0 Å². The van der Waals surface area contributed by atoms with Crippen molar-refractivity contribution in [2.24, 2.45) is 0 Å². The molecule has 0 fully saturated rings.